The first-order valence-corrected chi connectivity index (χ1v) is 6.56. The van der Waals surface area contributed by atoms with Crippen molar-refractivity contribution in [3.63, 3.8) is 0 Å². The van der Waals surface area contributed by atoms with Gasteiger partial charge in [0.15, 0.2) is 5.54 Å². The zero-order chi connectivity index (χ0) is 14.9. The van der Waals surface area contributed by atoms with E-state index < -0.39 is 17.3 Å². The second-order valence-electron chi connectivity index (χ2n) is 4.97. The van der Waals surface area contributed by atoms with Crippen LogP contribution in [0.15, 0.2) is 48.5 Å². The van der Waals surface area contributed by atoms with Crippen molar-refractivity contribution in [3.05, 3.63) is 65.5 Å². The molecule has 1 aliphatic rings. The molecule has 3 rings (SSSR count). The number of carboxylic acids is 1. The molecule has 2 N–H and O–H groups in total. The summed E-state index contributed by atoms with van der Waals surface area (Å²) in [4.78, 5) is 11.9. The molecule has 0 spiro atoms. The Bertz CT molecular complexity index is 689. The number of hydrogen-bond donors (Lipinski definition) is 2. The van der Waals surface area contributed by atoms with Gasteiger partial charge in [-0.1, -0.05) is 36.4 Å². The highest BCUT2D eigenvalue weighted by molar-refractivity contribution is 5.85. The number of ether oxygens (including phenoxy) is 1. The monoisotopic (exact) mass is 287 g/mol. The van der Waals surface area contributed by atoms with Gasteiger partial charge in [0.05, 0.1) is 18.9 Å². The van der Waals surface area contributed by atoms with Gasteiger partial charge in [0.25, 0.3) is 0 Å². The normalized spacial score (nSPS) is 20.6. The molecule has 0 bridgehead atoms. The molecule has 2 aromatic rings. The molecule has 4 nitrogen and oxygen atoms in total. The van der Waals surface area contributed by atoms with Gasteiger partial charge < -0.3 is 15.2 Å². The average molecular weight is 287 g/mol. The third-order valence-electron chi connectivity index (χ3n) is 3.64. The van der Waals surface area contributed by atoms with Gasteiger partial charge in [-0.15, -0.1) is 0 Å². The van der Waals surface area contributed by atoms with Crippen molar-refractivity contribution in [1.29, 1.82) is 0 Å². The Labute approximate surface area is 121 Å². The smallest absolute Gasteiger partial charge is 0.336 e. The zero-order valence-corrected chi connectivity index (χ0v) is 11.2. The number of carbonyl (C=O) groups is 1. The number of nitrogens with one attached hydrogen (secondary N) is 1. The van der Waals surface area contributed by atoms with E-state index in [2.05, 4.69) is 5.32 Å². The Morgan fingerprint density at radius 2 is 1.90 bits per heavy atom. The standard InChI is InChI=1S/C16H14FNO3/c17-13-7-3-4-8-14(13)18-16(15(19)20)10-21-9-11-5-1-2-6-12(11)16/h1-8,18H,9-10H2,(H,19,20). The first-order chi connectivity index (χ1) is 10.1. The number of benzene rings is 2. The third kappa shape index (κ3) is 2.25. The summed E-state index contributed by atoms with van der Waals surface area (Å²) in [5.41, 5.74) is 0.0408. The van der Waals surface area contributed by atoms with Crippen molar-refractivity contribution >= 4 is 11.7 Å². The molecule has 0 amide bonds. The van der Waals surface area contributed by atoms with Crippen LogP contribution in [0.3, 0.4) is 0 Å². The third-order valence-corrected chi connectivity index (χ3v) is 3.64. The maximum Gasteiger partial charge on any atom is 0.336 e. The number of anilines is 1. The molecule has 1 aliphatic heterocycles. The van der Waals surface area contributed by atoms with E-state index in [0.717, 1.165) is 5.56 Å². The van der Waals surface area contributed by atoms with Gasteiger partial charge in [0, 0.05) is 0 Å². The topological polar surface area (TPSA) is 58.6 Å². The van der Waals surface area contributed by atoms with Gasteiger partial charge in [-0.05, 0) is 23.3 Å². The fourth-order valence-electron chi connectivity index (χ4n) is 2.58. The van der Waals surface area contributed by atoms with Crippen molar-refractivity contribution in [1.82, 2.24) is 0 Å². The molecule has 21 heavy (non-hydrogen) atoms. The fourth-order valence-corrected chi connectivity index (χ4v) is 2.58. The highest BCUT2D eigenvalue weighted by Gasteiger charge is 2.45. The van der Waals surface area contributed by atoms with Crippen LogP contribution in [0.4, 0.5) is 10.1 Å². The van der Waals surface area contributed by atoms with Gasteiger partial charge in [-0.3, -0.25) is 0 Å². The van der Waals surface area contributed by atoms with Crippen LogP contribution >= 0.6 is 0 Å². The average Bonchev–Trinajstić information content (AvgIpc) is 2.49. The summed E-state index contributed by atoms with van der Waals surface area (Å²) in [6.07, 6.45) is 0. The second kappa shape index (κ2) is 5.18. The van der Waals surface area contributed by atoms with E-state index in [9.17, 15) is 14.3 Å². The van der Waals surface area contributed by atoms with E-state index in [-0.39, 0.29) is 12.3 Å². The molecule has 0 saturated carbocycles. The summed E-state index contributed by atoms with van der Waals surface area (Å²) in [6.45, 7) is 0.290. The second-order valence-corrected chi connectivity index (χ2v) is 4.97. The SMILES string of the molecule is O=C(O)C1(Nc2ccccc2F)COCc2ccccc21. The molecule has 0 aromatic heterocycles. The lowest BCUT2D eigenvalue weighted by molar-refractivity contribution is -0.146. The van der Waals surface area contributed by atoms with Crippen LogP contribution in [0.2, 0.25) is 0 Å². The van der Waals surface area contributed by atoms with E-state index >= 15 is 0 Å². The van der Waals surface area contributed by atoms with Crippen LogP contribution < -0.4 is 5.32 Å². The largest absolute Gasteiger partial charge is 0.479 e. The summed E-state index contributed by atoms with van der Waals surface area (Å²) in [5.74, 6) is -1.60. The van der Waals surface area contributed by atoms with Gasteiger partial charge in [-0.25, -0.2) is 9.18 Å². The van der Waals surface area contributed by atoms with E-state index in [1.54, 1.807) is 24.3 Å². The van der Waals surface area contributed by atoms with Crippen LogP contribution in [0.5, 0.6) is 0 Å². The molecule has 1 unspecified atom stereocenters. The number of aliphatic carboxylic acids is 1. The molecule has 5 heteroatoms. The van der Waals surface area contributed by atoms with E-state index in [1.807, 2.05) is 12.1 Å². The summed E-state index contributed by atoms with van der Waals surface area (Å²) in [6, 6.07) is 13.1. The van der Waals surface area contributed by atoms with Crippen LogP contribution in [0.1, 0.15) is 11.1 Å². The van der Waals surface area contributed by atoms with E-state index in [4.69, 9.17) is 4.74 Å². The number of fused-ring (bicyclic) bond motifs is 1. The molecule has 0 saturated heterocycles. The van der Waals surface area contributed by atoms with E-state index in [1.165, 1.54) is 12.1 Å². The number of rotatable bonds is 3. The molecule has 0 aliphatic carbocycles. The molecule has 0 radical (unpaired) electrons. The Hall–Kier alpha value is -2.40. The molecule has 1 atom stereocenters. The quantitative estimate of drug-likeness (QED) is 0.911. The van der Waals surface area contributed by atoms with Crippen molar-refractivity contribution in [2.75, 3.05) is 11.9 Å². The lowest BCUT2D eigenvalue weighted by Gasteiger charge is -2.36. The van der Waals surface area contributed by atoms with Gasteiger partial charge >= 0.3 is 5.97 Å². The predicted octanol–water partition coefficient (Wildman–Crippen LogP) is 2.75. The first-order valence-electron chi connectivity index (χ1n) is 6.56. The number of para-hydroxylation sites is 1. The summed E-state index contributed by atoms with van der Waals surface area (Å²) >= 11 is 0. The summed E-state index contributed by atoms with van der Waals surface area (Å²) in [5, 5.41) is 12.5. The Kier molecular flexibility index (Phi) is 3.35. The Balaban J connectivity index is 2.11. The molecular weight excluding hydrogens is 273 g/mol. The minimum absolute atomic E-state index is 0.0618. The maximum atomic E-state index is 13.9. The number of halogens is 1. The van der Waals surface area contributed by atoms with Crippen LogP contribution in [0, 0.1) is 5.82 Å². The van der Waals surface area contributed by atoms with Crippen LogP contribution in [-0.4, -0.2) is 17.7 Å². The van der Waals surface area contributed by atoms with Crippen molar-refractivity contribution in [3.8, 4) is 0 Å². The predicted molar refractivity (Wildman–Crippen MR) is 75.4 cm³/mol. The van der Waals surface area contributed by atoms with Crippen LogP contribution in [0.25, 0.3) is 0 Å². The van der Waals surface area contributed by atoms with Crippen molar-refractivity contribution < 1.29 is 19.0 Å². The van der Waals surface area contributed by atoms with Gasteiger partial charge in [0.1, 0.15) is 5.82 Å². The number of carboxylic acid groups (broad SMARTS) is 1. The minimum atomic E-state index is -1.49. The van der Waals surface area contributed by atoms with Crippen molar-refractivity contribution in [2.45, 2.75) is 12.1 Å². The minimum Gasteiger partial charge on any atom is -0.479 e. The molecular formula is C16H14FNO3. The zero-order valence-electron chi connectivity index (χ0n) is 11.2. The van der Waals surface area contributed by atoms with E-state index in [0.29, 0.717) is 12.2 Å². The lowest BCUT2D eigenvalue weighted by Crippen LogP contribution is -2.50. The van der Waals surface area contributed by atoms with Gasteiger partial charge in [-0.2, -0.15) is 0 Å². The highest BCUT2D eigenvalue weighted by atomic mass is 19.1. The fraction of sp³-hybridized carbons (Fsp3) is 0.188. The molecule has 1 heterocycles. The first kappa shape index (κ1) is 13.6. The van der Waals surface area contributed by atoms with Crippen LogP contribution in [-0.2, 0) is 21.7 Å². The Morgan fingerprint density at radius 1 is 1.19 bits per heavy atom. The summed E-state index contributed by atoms with van der Waals surface area (Å²) in [7, 11) is 0. The molecule has 0 fully saturated rings. The lowest BCUT2D eigenvalue weighted by atomic mass is 9.85. The molecule has 108 valence electrons. The maximum absolute atomic E-state index is 13.9. The Morgan fingerprint density at radius 3 is 2.67 bits per heavy atom. The highest BCUT2D eigenvalue weighted by Crippen LogP contribution is 2.34. The summed E-state index contributed by atoms with van der Waals surface area (Å²) < 4.78 is 19.3. The number of hydrogen-bond acceptors (Lipinski definition) is 3. The molecule has 2 aromatic carbocycles. The van der Waals surface area contributed by atoms with Gasteiger partial charge in [0.2, 0.25) is 0 Å². The van der Waals surface area contributed by atoms with Crippen molar-refractivity contribution in [2.24, 2.45) is 0 Å².